The molecule has 4 rings (SSSR count). The highest BCUT2D eigenvalue weighted by molar-refractivity contribution is 6.10. The molecule has 0 spiro atoms. The number of fused-ring (bicyclic) bond motifs is 1. The third kappa shape index (κ3) is 3.96. The zero-order valence-corrected chi connectivity index (χ0v) is 16.6. The Hall–Kier alpha value is -2.92. The third-order valence-electron chi connectivity index (χ3n) is 5.66. The van der Waals surface area contributed by atoms with E-state index < -0.39 is 6.04 Å². The van der Waals surface area contributed by atoms with Crippen LogP contribution in [0.15, 0.2) is 60.8 Å². The molecule has 29 heavy (non-hydrogen) atoms. The first-order valence-electron chi connectivity index (χ1n) is 10.2. The summed E-state index contributed by atoms with van der Waals surface area (Å²) in [6.07, 6.45) is 3.47. The van der Waals surface area contributed by atoms with E-state index in [9.17, 15) is 9.59 Å². The second kappa shape index (κ2) is 8.62. The number of nitrogens with zero attached hydrogens (tertiary/aromatic N) is 1. The summed E-state index contributed by atoms with van der Waals surface area (Å²) in [5.74, 6) is -0.299. The van der Waals surface area contributed by atoms with Crippen LogP contribution in [0.3, 0.4) is 0 Å². The number of carbonyl (C=O) groups excluding carboxylic acids is 2. The molecule has 0 saturated carbocycles. The number of ketones is 1. The number of carbonyl (C=O) groups is 2. The largest absolute Gasteiger partial charge is 0.466 e. The lowest BCUT2D eigenvalue weighted by atomic mass is 9.91. The molecule has 1 aliphatic rings. The van der Waals surface area contributed by atoms with E-state index in [1.807, 2.05) is 61.5 Å². The van der Waals surface area contributed by atoms with Crippen LogP contribution in [0.4, 0.5) is 0 Å². The van der Waals surface area contributed by atoms with E-state index in [1.165, 1.54) is 0 Å². The Bertz CT molecular complexity index is 996. The summed E-state index contributed by atoms with van der Waals surface area (Å²) in [4.78, 5) is 31.4. The predicted octanol–water partition coefficient (Wildman–Crippen LogP) is 4.37. The summed E-state index contributed by atoms with van der Waals surface area (Å²) in [5, 5.41) is 0.928. The van der Waals surface area contributed by atoms with Gasteiger partial charge in [0.25, 0.3) is 0 Å². The number of aromatic nitrogens is 1. The maximum Gasteiger partial charge on any atom is 0.310 e. The van der Waals surface area contributed by atoms with Gasteiger partial charge in [0.05, 0.1) is 18.6 Å². The Balaban J connectivity index is 1.69. The van der Waals surface area contributed by atoms with Crippen LogP contribution in [0, 0.1) is 5.92 Å². The number of nitrogens with one attached hydrogen (secondary N) is 1. The number of esters is 1. The number of rotatable bonds is 6. The summed E-state index contributed by atoms with van der Waals surface area (Å²) in [6, 6.07) is 17.3. The van der Waals surface area contributed by atoms with Gasteiger partial charge in [-0.3, -0.25) is 14.5 Å². The topological polar surface area (TPSA) is 62.4 Å². The molecule has 1 aliphatic heterocycles. The Labute approximate surface area is 170 Å². The summed E-state index contributed by atoms with van der Waals surface area (Å²) in [6.45, 7) is 3.52. The Morgan fingerprint density at radius 2 is 1.90 bits per heavy atom. The van der Waals surface area contributed by atoms with Crippen molar-refractivity contribution in [2.45, 2.75) is 25.8 Å². The second-order valence-electron chi connectivity index (χ2n) is 7.51. The van der Waals surface area contributed by atoms with Crippen molar-refractivity contribution in [2.24, 2.45) is 5.92 Å². The number of ether oxygens (including phenoxy) is 1. The first kappa shape index (κ1) is 19.4. The van der Waals surface area contributed by atoms with E-state index in [0.717, 1.165) is 35.9 Å². The van der Waals surface area contributed by atoms with Gasteiger partial charge in [0, 0.05) is 29.2 Å². The highest BCUT2D eigenvalue weighted by Crippen LogP contribution is 2.32. The number of para-hydroxylation sites is 1. The number of aromatic amines is 1. The molecular formula is C24H26N2O3. The third-order valence-corrected chi connectivity index (χ3v) is 5.66. The molecule has 5 heteroatoms. The normalized spacial score (nSPS) is 18.4. The van der Waals surface area contributed by atoms with Gasteiger partial charge in [0.15, 0.2) is 5.78 Å². The first-order chi connectivity index (χ1) is 14.2. The number of hydrogen-bond acceptors (Lipinski definition) is 4. The molecule has 150 valence electrons. The molecule has 0 aliphatic carbocycles. The molecule has 1 saturated heterocycles. The van der Waals surface area contributed by atoms with Gasteiger partial charge in [-0.2, -0.15) is 0 Å². The zero-order chi connectivity index (χ0) is 20.2. The maximum absolute atomic E-state index is 13.7. The molecule has 1 aromatic heterocycles. The highest BCUT2D eigenvalue weighted by atomic mass is 16.5. The number of H-pyrrole nitrogens is 1. The minimum absolute atomic E-state index is 0.0539. The van der Waals surface area contributed by atoms with Gasteiger partial charge in [-0.1, -0.05) is 48.5 Å². The van der Waals surface area contributed by atoms with E-state index >= 15 is 0 Å². The molecular weight excluding hydrogens is 364 g/mol. The van der Waals surface area contributed by atoms with E-state index in [1.54, 1.807) is 6.20 Å². The fourth-order valence-electron chi connectivity index (χ4n) is 4.28. The lowest BCUT2D eigenvalue weighted by Gasteiger charge is -2.37. The van der Waals surface area contributed by atoms with Crippen LogP contribution < -0.4 is 0 Å². The lowest BCUT2D eigenvalue weighted by Crippen LogP contribution is -2.44. The van der Waals surface area contributed by atoms with Crippen molar-refractivity contribution >= 4 is 22.7 Å². The van der Waals surface area contributed by atoms with E-state index in [2.05, 4.69) is 9.88 Å². The average Bonchev–Trinajstić information content (AvgIpc) is 3.19. The summed E-state index contributed by atoms with van der Waals surface area (Å²) in [7, 11) is 0. The minimum atomic E-state index is -0.423. The van der Waals surface area contributed by atoms with Crippen molar-refractivity contribution in [3.63, 3.8) is 0 Å². The Morgan fingerprint density at radius 3 is 2.69 bits per heavy atom. The predicted molar refractivity (Wildman–Crippen MR) is 113 cm³/mol. The van der Waals surface area contributed by atoms with Gasteiger partial charge in [-0.15, -0.1) is 0 Å². The fraction of sp³-hybridized carbons (Fsp3) is 0.333. The van der Waals surface area contributed by atoms with E-state index in [-0.39, 0.29) is 17.7 Å². The summed E-state index contributed by atoms with van der Waals surface area (Å²) in [5.41, 5.74) is 2.59. The SMILES string of the molecule is CCOC(=O)[C@@H]1CCCN([C@@H](C(=O)c2c[nH]c3ccccc23)c2ccccc2)C1. The fourth-order valence-corrected chi connectivity index (χ4v) is 4.28. The maximum atomic E-state index is 13.7. The van der Waals surface area contributed by atoms with Crippen molar-refractivity contribution in [2.75, 3.05) is 19.7 Å². The molecule has 2 aromatic carbocycles. The van der Waals surface area contributed by atoms with Gasteiger partial charge < -0.3 is 9.72 Å². The smallest absolute Gasteiger partial charge is 0.310 e. The van der Waals surface area contributed by atoms with Crippen LogP contribution in [0.2, 0.25) is 0 Å². The number of likely N-dealkylation sites (tertiary alicyclic amines) is 1. The van der Waals surface area contributed by atoms with Crippen LogP contribution in [0.1, 0.15) is 41.7 Å². The van der Waals surface area contributed by atoms with Crippen LogP contribution in [0.5, 0.6) is 0 Å². The van der Waals surface area contributed by atoms with Gasteiger partial charge in [0.1, 0.15) is 0 Å². The van der Waals surface area contributed by atoms with Gasteiger partial charge in [-0.25, -0.2) is 0 Å². The number of Topliss-reactive ketones (excluding diaryl/α,β-unsaturated/α-hetero) is 1. The molecule has 3 aromatic rings. The molecule has 0 amide bonds. The van der Waals surface area contributed by atoms with Crippen molar-refractivity contribution in [1.82, 2.24) is 9.88 Å². The van der Waals surface area contributed by atoms with Crippen LogP contribution in [-0.4, -0.2) is 41.3 Å². The van der Waals surface area contributed by atoms with Crippen LogP contribution in [-0.2, 0) is 9.53 Å². The van der Waals surface area contributed by atoms with Crippen molar-refractivity contribution in [3.05, 3.63) is 71.9 Å². The Kier molecular flexibility index (Phi) is 5.76. The molecule has 2 atom stereocenters. The van der Waals surface area contributed by atoms with Crippen molar-refractivity contribution in [1.29, 1.82) is 0 Å². The number of piperidine rings is 1. The molecule has 5 nitrogen and oxygen atoms in total. The second-order valence-corrected chi connectivity index (χ2v) is 7.51. The highest BCUT2D eigenvalue weighted by Gasteiger charge is 2.35. The molecule has 1 fully saturated rings. The van der Waals surface area contributed by atoms with Gasteiger partial charge in [-0.05, 0) is 37.9 Å². The van der Waals surface area contributed by atoms with E-state index in [4.69, 9.17) is 4.74 Å². The average molecular weight is 390 g/mol. The molecule has 1 N–H and O–H groups in total. The van der Waals surface area contributed by atoms with Crippen molar-refractivity contribution in [3.8, 4) is 0 Å². The zero-order valence-electron chi connectivity index (χ0n) is 16.6. The quantitative estimate of drug-likeness (QED) is 0.502. The standard InChI is InChI=1S/C24H26N2O3/c1-2-29-24(28)18-11-8-14-26(16-18)22(17-9-4-3-5-10-17)23(27)20-15-25-21-13-7-6-12-19(20)21/h3-7,9-10,12-13,15,18,22,25H,2,8,11,14,16H2,1H3/t18-,22-/m1/s1. The van der Waals surface area contributed by atoms with Gasteiger partial charge >= 0.3 is 5.97 Å². The summed E-state index contributed by atoms with van der Waals surface area (Å²) < 4.78 is 5.25. The van der Waals surface area contributed by atoms with Crippen molar-refractivity contribution < 1.29 is 14.3 Å². The summed E-state index contributed by atoms with van der Waals surface area (Å²) >= 11 is 0. The number of benzene rings is 2. The molecule has 0 radical (unpaired) electrons. The van der Waals surface area contributed by atoms with Crippen LogP contribution >= 0.6 is 0 Å². The lowest BCUT2D eigenvalue weighted by molar-refractivity contribution is -0.150. The van der Waals surface area contributed by atoms with E-state index in [0.29, 0.717) is 18.7 Å². The molecule has 0 unspecified atom stereocenters. The first-order valence-corrected chi connectivity index (χ1v) is 10.2. The molecule has 0 bridgehead atoms. The minimum Gasteiger partial charge on any atom is -0.466 e. The monoisotopic (exact) mass is 390 g/mol. The molecule has 2 heterocycles. The number of hydrogen-bond donors (Lipinski definition) is 1. The van der Waals surface area contributed by atoms with Crippen LogP contribution in [0.25, 0.3) is 10.9 Å². The Morgan fingerprint density at radius 1 is 1.14 bits per heavy atom. The van der Waals surface area contributed by atoms with Gasteiger partial charge in [0.2, 0.25) is 0 Å².